The van der Waals surface area contributed by atoms with Gasteiger partial charge in [-0.25, -0.2) is 0 Å². The lowest BCUT2D eigenvalue weighted by molar-refractivity contribution is 0.374. The largest absolute Gasteiger partial charge is 0.365 e. The maximum absolute atomic E-state index is 8.95. The fourth-order valence-corrected chi connectivity index (χ4v) is 3.81. The van der Waals surface area contributed by atoms with Crippen LogP contribution >= 0.6 is 11.6 Å². The number of rotatable bonds is 2. The van der Waals surface area contributed by atoms with Crippen LogP contribution in [0, 0.1) is 11.3 Å². The van der Waals surface area contributed by atoms with Crippen molar-refractivity contribution < 1.29 is 0 Å². The van der Waals surface area contributed by atoms with E-state index in [9.17, 15) is 0 Å². The fraction of sp³-hybridized carbons (Fsp3) is 0.533. The zero-order chi connectivity index (χ0) is 13.4. The van der Waals surface area contributed by atoms with Crippen molar-refractivity contribution in [3.63, 3.8) is 0 Å². The molecule has 2 atom stereocenters. The number of nitrogens with one attached hydrogen (secondary N) is 1. The van der Waals surface area contributed by atoms with E-state index in [1.807, 2.05) is 18.2 Å². The summed E-state index contributed by atoms with van der Waals surface area (Å²) in [4.78, 5) is 2.51. The summed E-state index contributed by atoms with van der Waals surface area (Å²) >= 11 is 6.16. The first-order valence-corrected chi connectivity index (χ1v) is 7.26. The van der Waals surface area contributed by atoms with E-state index in [-0.39, 0.29) is 0 Å². The number of hydrogen-bond donors (Lipinski definition) is 1. The van der Waals surface area contributed by atoms with Crippen LogP contribution in [0.15, 0.2) is 18.2 Å². The number of halogens is 1. The second kappa shape index (κ2) is 5.03. The van der Waals surface area contributed by atoms with Gasteiger partial charge >= 0.3 is 0 Å². The number of nitriles is 1. The molecule has 0 aromatic heterocycles. The highest BCUT2D eigenvalue weighted by Crippen LogP contribution is 2.40. The smallest absolute Gasteiger partial charge is 0.101 e. The summed E-state index contributed by atoms with van der Waals surface area (Å²) in [6, 6.07) is 9.80. The molecule has 0 aliphatic carbocycles. The predicted octanol–water partition coefficient (Wildman–Crippen LogP) is 2.93. The van der Waals surface area contributed by atoms with Gasteiger partial charge in [-0.05, 0) is 50.9 Å². The van der Waals surface area contributed by atoms with Crippen LogP contribution in [0.4, 0.5) is 5.69 Å². The first-order chi connectivity index (χ1) is 9.22. The van der Waals surface area contributed by atoms with Crippen molar-refractivity contribution >= 4 is 17.3 Å². The van der Waals surface area contributed by atoms with Crippen LogP contribution in [0.1, 0.15) is 31.2 Å². The van der Waals surface area contributed by atoms with Crippen LogP contribution in [0.25, 0.3) is 0 Å². The van der Waals surface area contributed by atoms with Crippen molar-refractivity contribution in [1.29, 1.82) is 5.26 Å². The predicted molar refractivity (Wildman–Crippen MR) is 77.5 cm³/mol. The Morgan fingerprint density at radius 3 is 2.53 bits per heavy atom. The van der Waals surface area contributed by atoms with Gasteiger partial charge in [-0.1, -0.05) is 11.6 Å². The Bertz CT molecular complexity index is 509. The zero-order valence-electron chi connectivity index (χ0n) is 11.1. The van der Waals surface area contributed by atoms with Crippen molar-refractivity contribution in [1.82, 2.24) is 5.32 Å². The molecule has 2 saturated heterocycles. The Morgan fingerprint density at radius 1 is 1.32 bits per heavy atom. The fourth-order valence-electron chi connectivity index (χ4n) is 3.59. The molecular formula is C15H18ClN3. The molecule has 19 heavy (non-hydrogen) atoms. The van der Waals surface area contributed by atoms with Gasteiger partial charge in [0.15, 0.2) is 0 Å². The molecule has 3 rings (SSSR count). The van der Waals surface area contributed by atoms with Crippen molar-refractivity contribution in [2.24, 2.45) is 0 Å². The highest BCUT2D eigenvalue weighted by atomic mass is 35.5. The van der Waals surface area contributed by atoms with E-state index in [1.54, 1.807) is 0 Å². The van der Waals surface area contributed by atoms with E-state index in [1.165, 1.54) is 31.4 Å². The molecule has 2 heterocycles. The number of nitrogens with zero attached hydrogens (tertiary/aromatic N) is 2. The van der Waals surface area contributed by atoms with E-state index in [0.717, 1.165) is 0 Å². The minimum Gasteiger partial charge on any atom is -0.365 e. The molecule has 2 fully saturated rings. The standard InChI is InChI=1S/C15H18ClN3/c1-18-11-6-12-4-5-13(7-11)19(12)14-3-2-10(9-17)15(16)8-14/h2-3,8,11-13,18H,4-7H2,1H3. The molecule has 0 saturated carbocycles. The first-order valence-electron chi connectivity index (χ1n) is 6.88. The van der Waals surface area contributed by atoms with E-state index in [2.05, 4.69) is 23.3 Å². The zero-order valence-corrected chi connectivity index (χ0v) is 11.8. The molecule has 0 radical (unpaired) electrons. The second-order valence-corrected chi connectivity index (χ2v) is 5.93. The Morgan fingerprint density at radius 2 is 2.00 bits per heavy atom. The first kappa shape index (κ1) is 12.8. The van der Waals surface area contributed by atoms with Crippen LogP contribution in [0.5, 0.6) is 0 Å². The van der Waals surface area contributed by atoms with Gasteiger partial charge in [0.1, 0.15) is 6.07 Å². The molecule has 2 aliphatic rings. The third-order valence-corrected chi connectivity index (χ3v) is 4.83. The lowest BCUT2D eigenvalue weighted by atomic mass is 9.96. The molecule has 1 N–H and O–H groups in total. The summed E-state index contributed by atoms with van der Waals surface area (Å²) in [6.07, 6.45) is 4.93. The molecule has 2 unspecified atom stereocenters. The second-order valence-electron chi connectivity index (χ2n) is 5.53. The van der Waals surface area contributed by atoms with Crippen LogP contribution < -0.4 is 10.2 Å². The molecule has 3 nitrogen and oxygen atoms in total. The molecular weight excluding hydrogens is 258 g/mol. The number of benzene rings is 1. The minimum atomic E-state index is 0.558. The summed E-state index contributed by atoms with van der Waals surface area (Å²) in [6.45, 7) is 0. The van der Waals surface area contributed by atoms with Crippen molar-refractivity contribution in [3.05, 3.63) is 28.8 Å². The number of fused-ring (bicyclic) bond motifs is 2. The summed E-state index contributed by atoms with van der Waals surface area (Å²) in [5.74, 6) is 0. The van der Waals surface area contributed by atoms with Gasteiger partial charge in [0.2, 0.25) is 0 Å². The highest BCUT2D eigenvalue weighted by molar-refractivity contribution is 6.32. The average molecular weight is 276 g/mol. The van der Waals surface area contributed by atoms with Gasteiger partial charge in [-0.2, -0.15) is 5.26 Å². The molecule has 1 aromatic rings. The van der Waals surface area contributed by atoms with E-state index >= 15 is 0 Å². The molecule has 4 heteroatoms. The number of anilines is 1. The van der Waals surface area contributed by atoms with E-state index in [0.29, 0.717) is 28.7 Å². The molecule has 2 aliphatic heterocycles. The van der Waals surface area contributed by atoms with Crippen molar-refractivity contribution in [3.8, 4) is 6.07 Å². The Hall–Kier alpha value is -1.24. The lowest BCUT2D eigenvalue weighted by Gasteiger charge is -2.40. The Balaban J connectivity index is 1.88. The van der Waals surface area contributed by atoms with Gasteiger partial charge < -0.3 is 10.2 Å². The quantitative estimate of drug-likeness (QED) is 0.902. The molecule has 0 amide bonds. The van der Waals surface area contributed by atoms with Crippen LogP contribution in [0.3, 0.4) is 0 Å². The highest BCUT2D eigenvalue weighted by Gasteiger charge is 2.40. The van der Waals surface area contributed by atoms with Gasteiger partial charge in [0.25, 0.3) is 0 Å². The maximum Gasteiger partial charge on any atom is 0.101 e. The van der Waals surface area contributed by atoms with Gasteiger partial charge in [0, 0.05) is 23.8 Å². The summed E-state index contributed by atoms with van der Waals surface area (Å²) in [7, 11) is 2.05. The topological polar surface area (TPSA) is 39.1 Å². The maximum atomic E-state index is 8.95. The van der Waals surface area contributed by atoms with Gasteiger partial charge in [0.05, 0.1) is 10.6 Å². The third-order valence-electron chi connectivity index (χ3n) is 4.51. The van der Waals surface area contributed by atoms with E-state index in [4.69, 9.17) is 16.9 Å². The number of piperidine rings is 1. The van der Waals surface area contributed by atoms with Crippen molar-refractivity contribution in [2.75, 3.05) is 11.9 Å². The molecule has 1 aromatic carbocycles. The van der Waals surface area contributed by atoms with Crippen LogP contribution in [0.2, 0.25) is 5.02 Å². The summed E-state index contributed by atoms with van der Waals surface area (Å²) in [5, 5.41) is 12.9. The number of hydrogen-bond acceptors (Lipinski definition) is 3. The molecule has 0 spiro atoms. The Kier molecular flexibility index (Phi) is 3.38. The van der Waals surface area contributed by atoms with Crippen LogP contribution in [-0.4, -0.2) is 25.2 Å². The molecule has 100 valence electrons. The summed E-state index contributed by atoms with van der Waals surface area (Å²) in [5.41, 5.74) is 1.73. The van der Waals surface area contributed by atoms with Crippen LogP contribution in [-0.2, 0) is 0 Å². The Labute approximate surface area is 119 Å². The normalized spacial score (nSPS) is 29.3. The monoisotopic (exact) mass is 275 g/mol. The molecule has 2 bridgehead atoms. The SMILES string of the molecule is CNC1CC2CCC(C1)N2c1ccc(C#N)c(Cl)c1. The van der Waals surface area contributed by atoms with Gasteiger partial charge in [-0.3, -0.25) is 0 Å². The van der Waals surface area contributed by atoms with Crippen molar-refractivity contribution in [2.45, 2.75) is 43.8 Å². The lowest BCUT2D eigenvalue weighted by Crippen LogP contribution is -2.48. The minimum absolute atomic E-state index is 0.558. The third kappa shape index (κ3) is 2.20. The van der Waals surface area contributed by atoms with E-state index < -0.39 is 0 Å². The summed E-state index contributed by atoms with van der Waals surface area (Å²) < 4.78 is 0. The average Bonchev–Trinajstić information content (AvgIpc) is 2.69. The van der Waals surface area contributed by atoms with Gasteiger partial charge in [-0.15, -0.1) is 0 Å².